The number of nitrogens with zero attached hydrogens (tertiary/aromatic N) is 1. The summed E-state index contributed by atoms with van der Waals surface area (Å²) in [5.74, 6) is 0. The molecule has 3 nitrogen and oxygen atoms in total. The van der Waals surface area contributed by atoms with Gasteiger partial charge in [-0.25, -0.2) is 0 Å². The fourth-order valence-corrected chi connectivity index (χ4v) is 1.75. The number of halogens is 1. The van der Waals surface area contributed by atoms with Crippen LogP contribution in [0.15, 0.2) is 18.2 Å². The largest absolute Gasteiger partial charge is 0.395 e. The second-order valence-electron chi connectivity index (χ2n) is 3.64. The van der Waals surface area contributed by atoms with E-state index in [9.17, 15) is 0 Å². The van der Waals surface area contributed by atoms with E-state index in [0.29, 0.717) is 11.6 Å². The second-order valence-corrected chi connectivity index (χ2v) is 4.05. The van der Waals surface area contributed by atoms with E-state index in [1.54, 1.807) is 0 Å². The smallest absolute Gasteiger partial charge is 0.0606 e. The highest BCUT2D eigenvalue weighted by atomic mass is 35.5. The fourth-order valence-electron chi connectivity index (χ4n) is 1.40. The van der Waals surface area contributed by atoms with Crippen LogP contribution < -0.4 is 10.6 Å². The third-order valence-corrected chi connectivity index (χ3v) is 2.68. The van der Waals surface area contributed by atoms with Crippen molar-refractivity contribution in [3.8, 4) is 0 Å². The van der Waals surface area contributed by atoms with E-state index in [-0.39, 0.29) is 12.6 Å². The summed E-state index contributed by atoms with van der Waals surface area (Å²) >= 11 is 6.10. The van der Waals surface area contributed by atoms with Gasteiger partial charge in [-0.3, -0.25) is 0 Å². The monoisotopic (exact) mass is 228 g/mol. The van der Waals surface area contributed by atoms with E-state index in [0.717, 1.165) is 11.3 Å². The molecule has 0 aliphatic carbocycles. The van der Waals surface area contributed by atoms with Crippen molar-refractivity contribution in [2.75, 3.05) is 25.1 Å². The van der Waals surface area contributed by atoms with E-state index < -0.39 is 0 Å². The van der Waals surface area contributed by atoms with Crippen molar-refractivity contribution in [2.45, 2.75) is 13.0 Å². The number of hydrogen-bond acceptors (Lipinski definition) is 3. The summed E-state index contributed by atoms with van der Waals surface area (Å²) in [6.07, 6.45) is 0. The molecule has 0 saturated heterocycles. The summed E-state index contributed by atoms with van der Waals surface area (Å²) < 4.78 is 0. The highest BCUT2D eigenvalue weighted by Crippen LogP contribution is 2.26. The minimum absolute atomic E-state index is 0.0605. The second kappa shape index (κ2) is 5.35. The van der Waals surface area contributed by atoms with Crippen LogP contribution in [0.1, 0.15) is 18.5 Å². The Morgan fingerprint density at radius 3 is 2.67 bits per heavy atom. The molecule has 0 aliphatic rings. The maximum atomic E-state index is 8.82. The molecule has 0 radical (unpaired) electrons. The zero-order valence-corrected chi connectivity index (χ0v) is 9.83. The van der Waals surface area contributed by atoms with E-state index in [4.69, 9.17) is 22.4 Å². The van der Waals surface area contributed by atoms with E-state index in [1.165, 1.54) is 0 Å². The van der Waals surface area contributed by atoms with Crippen molar-refractivity contribution in [2.24, 2.45) is 5.73 Å². The lowest BCUT2D eigenvalue weighted by molar-refractivity contribution is 0.304. The fraction of sp³-hybridized carbons (Fsp3) is 0.455. The quantitative estimate of drug-likeness (QED) is 0.826. The summed E-state index contributed by atoms with van der Waals surface area (Å²) in [7, 11) is 1.91. The molecule has 4 heteroatoms. The van der Waals surface area contributed by atoms with Crippen molar-refractivity contribution < 1.29 is 5.11 Å². The molecule has 1 aromatic carbocycles. The standard InChI is InChI=1S/C11H17ClN2O/c1-8(13)10-4-3-9(7-11(10)12)14(2)5-6-15/h3-4,7-8,15H,5-6,13H2,1-2H3. The number of aliphatic hydroxyl groups is 1. The molecule has 0 amide bonds. The predicted octanol–water partition coefficient (Wildman–Crippen LogP) is 1.79. The van der Waals surface area contributed by atoms with Crippen molar-refractivity contribution in [3.63, 3.8) is 0 Å². The Morgan fingerprint density at radius 1 is 1.53 bits per heavy atom. The number of hydrogen-bond donors (Lipinski definition) is 2. The zero-order chi connectivity index (χ0) is 11.4. The van der Waals surface area contributed by atoms with Gasteiger partial charge in [0.25, 0.3) is 0 Å². The van der Waals surface area contributed by atoms with Crippen LogP contribution in [-0.2, 0) is 0 Å². The predicted molar refractivity (Wildman–Crippen MR) is 64.4 cm³/mol. The molecule has 0 fully saturated rings. The number of benzene rings is 1. The van der Waals surface area contributed by atoms with E-state index >= 15 is 0 Å². The van der Waals surface area contributed by atoms with Gasteiger partial charge in [0.15, 0.2) is 0 Å². The Balaban J connectivity index is 2.91. The molecule has 0 aromatic heterocycles. The first-order valence-corrected chi connectivity index (χ1v) is 5.31. The maximum absolute atomic E-state index is 8.82. The van der Waals surface area contributed by atoms with E-state index in [1.807, 2.05) is 37.1 Å². The van der Waals surface area contributed by atoms with Gasteiger partial charge in [-0.05, 0) is 24.6 Å². The molecule has 0 spiro atoms. The summed E-state index contributed by atoms with van der Waals surface area (Å²) in [6, 6.07) is 5.70. The molecule has 0 saturated carbocycles. The third-order valence-electron chi connectivity index (χ3n) is 2.35. The van der Waals surface area contributed by atoms with Crippen LogP contribution in [0.25, 0.3) is 0 Å². The van der Waals surface area contributed by atoms with Gasteiger partial charge in [0, 0.05) is 30.3 Å². The van der Waals surface area contributed by atoms with Crippen LogP contribution in [0.3, 0.4) is 0 Å². The lowest BCUT2D eigenvalue weighted by Crippen LogP contribution is -2.21. The molecular weight excluding hydrogens is 212 g/mol. The Kier molecular flexibility index (Phi) is 4.39. The Hall–Kier alpha value is -0.770. The average Bonchev–Trinajstić information content (AvgIpc) is 2.17. The number of nitrogens with two attached hydrogens (primary N) is 1. The topological polar surface area (TPSA) is 49.5 Å². The SMILES string of the molecule is CC(N)c1ccc(N(C)CCO)cc1Cl. The van der Waals surface area contributed by atoms with Gasteiger partial charge in [0.05, 0.1) is 6.61 Å². The summed E-state index contributed by atoms with van der Waals surface area (Å²) in [5, 5.41) is 9.49. The van der Waals surface area contributed by atoms with Crippen molar-refractivity contribution in [1.29, 1.82) is 0 Å². The third kappa shape index (κ3) is 3.09. The lowest BCUT2D eigenvalue weighted by atomic mass is 10.1. The first-order chi connectivity index (χ1) is 7.06. The van der Waals surface area contributed by atoms with Crippen LogP contribution in [0.2, 0.25) is 5.02 Å². The van der Waals surface area contributed by atoms with Gasteiger partial charge in [-0.1, -0.05) is 17.7 Å². The first-order valence-electron chi connectivity index (χ1n) is 4.93. The molecule has 1 aromatic rings. The molecule has 1 unspecified atom stereocenters. The Morgan fingerprint density at radius 2 is 2.20 bits per heavy atom. The number of rotatable bonds is 4. The number of anilines is 1. The van der Waals surface area contributed by atoms with Crippen molar-refractivity contribution in [3.05, 3.63) is 28.8 Å². The first kappa shape index (κ1) is 12.3. The molecule has 0 bridgehead atoms. The van der Waals surface area contributed by atoms with Gasteiger partial charge in [0.1, 0.15) is 0 Å². The molecule has 84 valence electrons. The van der Waals surface area contributed by atoms with Crippen LogP contribution >= 0.6 is 11.6 Å². The molecule has 1 rings (SSSR count). The molecule has 0 aliphatic heterocycles. The van der Waals surface area contributed by atoms with E-state index in [2.05, 4.69) is 0 Å². The summed E-state index contributed by atoms with van der Waals surface area (Å²) in [6.45, 7) is 2.62. The lowest BCUT2D eigenvalue weighted by Gasteiger charge is -2.19. The Bertz CT molecular complexity index is 328. The molecule has 0 heterocycles. The Labute approximate surface area is 95.5 Å². The minimum atomic E-state index is -0.0605. The summed E-state index contributed by atoms with van der Waals surface area (Å²) in [5.41, 5.74) is 7.69. The minimum Gasteiger partial charge on any atom is -0.395 e. The number of aliphatic hydroxyl groups excluding tert-OH is 1. The van der Waals surface area contributed by atoms with Crippen LogP contribution in [0.4, 0.5) is 5.69 Å². The molecule has 1 atom stereocenters. The zero-order valence-electron chi connectivity index (χ0n) is 9.07. The normalized spacial score (nSPS) is 12.6. The van der Waals surface area contributed by atoms with Crippen LogP contribution in [-0.4, -0.2) is 25.3 Å². The highest BCUT2D eigenvalue weighted by molar-refractivity contribution is 6.31. The molecule has 3 N–H and O–H groups in total. The van der Waals surface area contributed by atoms with Crippen molar-refractivity contribution >= 4 is 17.3 Å². The highest BCUT2D eigenvalue weighted by Gasteiger charge is 2.07. The van der Waals surface area contributed by atoms with Gasteiger partial charge in [0.2, 0.25) is 0 Å². The van der Waals surface area contributed by atoms with Gasteiger partial charge in [-0.15, -0.1) is 0 Å². The van der Waals surface area contributed by atoms with Crippen molar-refractivity contribution in [1.82, 2.24) is 0 Å². The molecule has 15 heavy (non-hydrogen) atoms. The molecular formula is C11H17ClN2O. The average molecular weight is 229 g/mol. The summed E-state index contributed by atoms with van der Waals surface area (Å²) in [4.78, 5) is 1.94. The maximum Gasteiger partial charge on any atom is 0.0606 e. The van der Waals surface area contributed by atoms with Gasteiger partial charge >= 0.3 is 0 Å². The van der Waals surface area contributed by atoms with Gasteiger partial charge < -0.3 is 15.7 Å². The van der Waals surface area contributed by atoms with Gasteiger partial charge in [-0.2, -0.15) is 0 Å². The van der Waals surface area contributed by atoms with Crippen LogP contribution in [0, 0.1) is 0 Å². The van der Waals surface area contributed by atoms with Crippen LogP contribution in [0.5, 0.6) is 0 Å². The number of likely N-dealkylation sites (N-methyl/N-ethyl adjacent to an activating group) is 1.